The third-order valence-electron chi connectivity index (χ3n) is 6.80. The molecule has 3 aromatic rings. The van der Waals surface area contributed by atoms with Gasteiger partial charge in [-0.05, 0) is 66.3 Å². The van der Waals surface area contributed by atoms with Gasteiger partial charge < -0.3 is 15.5 Å². The smallest absolute Gasteiger partial charge is 0.318 e. The minimum atomic E-state index is -0.271. The fourth-order valence-electron chi connectivity index (χ4n) is 4.89. The maximum absolute atomic E-state index is 13.6. The van der Waals surface area contributed by atoms with Gasteiger partial charge in [-0.15, -0.1) is 0 Å². The number of hydrogen-bond donors (Lipinski definition) is 2. The number of amides is 2. The van der Waals surface area contributed by atoms with Crippen LogP contribution in [0.15, 0.2) is 72.8 Å². The first-order chi connectivity index (χ1) is 15.6. The number of nitrogens with one attached hydrogen (secondary N) is 2. The van der Waals surface area contributed by atoms with Gasteiger partial charge in [-0.3, -0.25) is 0 Å². The van der Waals surface area contributed by atoms with Crippen LogP contribution >= 0.6 is 0 Å². The maximum Gasteiger partial charge on any atom is 0.318 e. The van der Waals surface area contributed by atoms with E-state index < -0.39 is 0 Å². The van der Waals surface area contributed by atoms with E-state index in [2.05, 4.69) is 41.0 Å². The molecule has 0 spiro atoms. The summed E-state index contributed by atoms with van der Waals surface area (Å²) in [5, 5.41) is 6.46. The Morgan fingerprint density at radius 2 is 1.69 bits per heavy atom. The van der Waals surface area contributed by atoms with Gasteiger partial charge in [0.1, 0.15) is 5.82 Å². The lowest BCUT2D eigenvalue weighted by Gasteiger charge is -2.41. The Bertz CT molecular complexity index is 1090. The molecule has 1 heterocycles. The van der Waals surface area contributed by atoms with Gasteiger partial charge in [0.2, 0.25) is 0 Å². The van der Waals surface area contributed by atoms with Crippen molar-refractivity contribution < 1.29 is 9.18 Å². The second kappa shape index (κ2) is 8.75. The second-order valence-electron chi connectivity index (χ2n) is 8.78. The van der Waals surface area contributed by atoms with Gasteiger partial charge in [0.15, 0.2) is 0 Å². The summed E-state index contributed by atoms with van der Waals surface area (Å²) >= 11 is 0. The number of carbonyl (C=O) groups excluding carboxylic acids is 1. The molecule has 5 rings (SSSR count). The fraction of sp³-hybridized carbons (Fsp3) is 0.296. The molecule has 1 fully saturated rings. The van der Waals surface area contributed by atoms with Crippen molar-refractivity contribution >= 4 is 6.03 Å². The summed E-state index contributed by atoms with van der Waals surface area (Å²) in [5.74, 6) is -0.271. The zero-order valence-electron chi connectivity index (χ0n) is 18.2. The predicted octanol–water partition coefficient (Wildman–Crippen LogP) is 4.90. The maximum atomic E-state index is 13.6. The monoisotopic (exact) mass is 429 g/mol. The molecule has 0 saturated heterocycles. The van der Waals surface area contributed by atoms with Crippen molar-refractivity contribution in [3.05, 3.63) is 95.3 Å². The van der Waals surface area contributed by atoms with Crippen molar-refractivity contribution in [3.8, 4) is 11.1 Å². The Hall–Kier alpha value is -3.18. The lowest BCUT2D eigenvalue weighted by atomic mass is 9.85. The lowest BCUT2D eigenvalue weighted by molar-refractivity contribution is 0.164. The van der Waals surface area contributed by atoms with Gasteiger partial charge >= 0.3 is 6.03 Å². The largest absolute Gasteiger partial charge is 0.335 e. The van der Waals surface area contributed by atoms with Gasteiger partial charge in [0.25, 0.3) is 0 Å². The van der Waals surface area contributed by atoms with Crippen LogP contribution in [0.5, 0.6) is 0 Å². The Kier molecular flexibility index (Phi) is 5.66. The minimum absolute atomic E-state index is 0.0448. The number of halogens is 1. The summed E-state index contributed by atoms with van der Waals surface area (Å²) in [5.41, 5.74) is 5.63. The molecule has 2 N–H and O–H groups in total. The van der Waals surface area contributed by atoms with E-state index in [1.807, 2.05) is 30.1 Å². The number of urea groups is 1. The van der Waals surface area contributed by atoms with Crippen molar-refractivity contribution in [1.29, 1.82) is 0 Å². The van der Waals surface area contributed by atoms with Crippen molar-refractivity contribution in [3.63, 3.8) is 0 Å². The normalized spacial score (nSPS) is 22.1. The highest BCUT2D eigenvalue weighted by atomic mass is 19.1. The summed E-state index contributed by atoms with van der Waals surface area (Å²) in [6.45, 7) is 0.626. The number of benzene rings is 3. The Labute approximate surface area is 188 Å². The summed E-state index contributed by atoms with van der Waals surface area (Å²) in [6.07, 6.45) is 2.70. The summed E-state index contributed by atoms with van der Waals surface area (Å²) in [4.78, 5) is 15.2. The third-order valence-corrected chi connectivity index (χ3v) is 6.80. The summed E-state index contributed by atoms with van der Waals surface area (Å²) in [6, 6.07) is 23.7. The number of fused-ring (bicyclic) bond motifs is 1. The molecule has 1 aliphatic heterocycles. The summed E-state index contributed by atoms with van der Waals surface area (Å²) < 4.78 is 13.6. The molecular weight excluding hydrogens is 401 g/mol. The molecule has 1 aliphatic carbocycles. The van der Waals surface area contributed by atoms with Crippen LogP contribution in [0.1, 0.15) is 35.6 Å². The van der Waals surface area contributed by atoms with Crippen molar-refractivity contribution in [1.82, 2.24) is 15.5 Å². The summed E-state index contributed by atoms with van der Waals surface area (Å²) in [7, 11) is 1.96. The van der Waals surface area contributed by atoms with E-state index in [4.69, 9.17) is 0 Å². The van der Waals surface area contributed by atoms with E-state index in [-0.39, 0.29) is 23.9 Å². The third kappa shape index (κ3) is 4.00. The quantitative estimate of drug-likeness (QED) is 0.620. The van der Waals surface area contributed by atoms with Gasteiger partial charge in [-0.25, -0.2) is 9.18 Å². The second-order valence-corrected chi connectivity index (χ2v) is 8.78. The SMILES string of the molecule is CN[C@H]1C[C@@H](NC(=O)N2CCc3cc(-c4ccccc4)ccc3[C@@H]2c2ccc(F)cc2)C1. The van der Waals surface area contributed by atoms with Crippen molar-refractivity contribution in [2.24, 2.45) is 0 Å². The van der Waals surface area contributed by atoms with E-state index >= 15 is 0 Å². The molecule has 4 nitrogen and oxygen atoms in total. The first kappa shape index (κ1) is 20.7. The molecular formula is C27H28FN3O. The molecule has 32 heavy (non-hydrogen) atoms. The lowest BCUT2D eigenvalue weighted by Crippen LogP contribution is -2.55. The zero-order chi connectivity index (χ0) is 22.1. The van der Waals surface area contributed by atoms with Gasteiger partial charge in [-0.1, -0.05) is 60.7 Å². The van der Waals surface area contributed by atoms with Crippen LogP contribution in [-0.4, -0.2) is 36.6 Å². The van der Waals surface area contributed by atoms with Crippen LogP contribution in [-0.2, 0) is 6.42 Å². The van der Waals surface area contributed by atoms with E-state index in [1.54, 1.807) is 12.1 Å². The molecule has 1 saturated carbocycles. The highest BCUT2D eigenvalue weighted by Gasteiger charge is 2.35. The molecule has 0 unspecified atom stereocenters. The zero-order valence-corrected chi connectivity index (χ0v) is 18.2. The van der Waals surface area contributed by atoms with Gasteiger partial charge in [-0.2, -0.15) is 0 Å². The van der Waals surface area contributed by atoms with Crippen LogP contribution in [0.4, 0.5) is 9.18 Å². The van der Waals surface area contributed by atoms with E-state index in [0.29, 0.717) is 12.6 Å². The van der Waals surface area contributed by atoms with Gasteiger partial charge in [0, 0.05) is 18.6 Å². The number of nitrogens with zero attached hydrogens (tertiary/aromatic N) is 1. The average Bonchev–Trinajstić information content (AvgIpc) is 2.81. The Morgan fingerprint density at radius 3 is 2.41 bits per heavy atom. The standard InChI is InChI=1S/C27H28FN3O/c1-29-23-16-24(17-23)30-27(32)31-14-13-21-15-20(18-5-3-2-4-6-18)9-12-25(21)26(31)19-7-10-22(28)11-8-19/h2-12,15,23-24,26,29H,13-14,16-17H2,1H3,(H,30,32)/t23-,24+,26-/m0/s1. The van der Waals surface area contributed by atoms with E-state index in [9.17, 15) is 9.18 Å². The van der Waals surface area contributed by atoms with Crippen LogP contribution in [0, 0.1) is 5.82 Å². The molecule has 0 aromatic heterocycles. The van der Waals surface area contributed by atoms with Crippen LogP contribution < -0.4 is 10.6 Å². The number of hydrogen-bond acceptors (Lipinski definition) is 2. The van der Waals surface area contributed by atoms with Crippen molar-refractivity contribution in [2.45, 2.75) is 37.4 Å². The van der Waals surface area contributed by atoms with Crippen LogP contribution in [0.3, 0.4) is 0 Å². The molecule has 2 aliphatic rings. The Balaban J connectivity index is 1.47. The Morgan fingerprint density at radius 1 is 0.938 bits per heavy atom. The molecule has 5 heteroatoms. The number of carbonyl (C=O) groups is 1. The molecule has 0 bridgehead atoms. The highest BCUT2D eigenvalue weighted by molar-refractivity contribution is 5.77. The highest BCUT2D eigenvalue weighted by Crippen LogP contribution is 2.37. The van der Waals surface area contributed by atoms with Crippen molar-refractivity contribution in [2.75, 3.05) is 13.6 Å². The average molecular weight is 430 g/mol. The molecule has 2 amide bonds. The molecule has 3 aromatic carbocycles. The molecule has 0 radical (unpaired) electrons. The van der Waals surface area contributed by atoms with E-state index in [1.165, 1.54) is 28.8 Å². The van der Waals surface area contributed by atoms with Crippen LogP contribution in [0.25, 0.3) is 11.1 Å². The fourth-order valence-corrected chi connectivity index (χ4v) is 4.89. The van der Waals surface area contributed by atoms with Crippen LogP contribution in [0.2, 0.25) is 0 Å². The first-order valence-corrected chi connectivity index (χ1v) is 11.3. The van der Waals surface area contributed by atoms with Gasteiger partial charge in [0.05, 0.1) is 6.04 Å². The molecule has 164 valence electrons. The number of rotatable bonds is 4. The first-order valence-electron chi connectivity index (χ1n) is 11.3. The van der Waals surface area contributed by atoms with E-state index in [0.717, 1.165) is 30.4 Å². The topological polar surface area (TPSA) is 44.4 Å². The molecule has 1 atom stereocenters. The predicted molar refractivity (Wildman–Crippen MR) is 125 cm³/mol. The minimum Gasteiger partial charge on any atom is -0.335 e.